The van der Waals surface area contributed by atoms with Crippen LogP contribution in [0.3, 0.4) is 0 Å². The van der Waals surface area contributed by atoms with Gasteiger partial charge in [0, 0.05) is 11.4 Å². The van der Waals surface area contributed by atoms with Crippen LogP contribution in [0.5, 0.6) is 0 Å². The lowest BCUT2D eigenvalue weighted by atomic mass is 10.1. The van der Waals surface area contributed by atoms with Gasteiger partial charge in [-0.05, 0) is 48.2 Å². The van der Waals surface area contributed by atoms with E-state index in [0.29, 0.717) is 11.4 Å². The summed E-state index contributed by atoms with van der Waals surface area (Å²) in [5.41, 5.74) is 8.97. The molecule has 0 atom stereocenters. The predicted octanol–water partition coefficient (Wildman–Crippen LogP) is 3.19. The summed E-state index contributed by atoms with van der Waals surface area (Å²) in [6.45, 7) is 4.01. The molecule has 0 unspecified atom stereocenters. The van der Waals surface area contributed by atoms with E-state index in [4.69, 9.17) is 5.73 Å². The monoisotopic (exact) mass is 304 g/mol. The van der Waals surface area contributed by atoms with Crippen LogP contribution in [0.4, 0.5) is 11.4 Å². The van der Waals surface area contributed by atoms with Crippen molar-refractivity contribution in [3.8, 4) is 0 Å². The third-order valence-electron chi connectivity index (χ3n) is 3.40. The quantitative estimate of drug-likeness (QED) is 0.833. The second-order valence-corrected chi connectivity index (χ2v) is 6.56. The number of anilines is 2. The first-order valence-corrected chi connectivity index (χ1v) is 8.44. The molecule has 0 heterocycles. The third kappa shape index (κ3) is 3.55. The van der Waals surface area contributed by atoms with Crippen LogP contribution in [-0.4, -0.2) is 8.42 Å². The molecule has 0 aliphatic carbocycles. The first-order valence-electron chi connectivity index (χ1n) is 6.96. The zero-order chi connectivity index (χ0) is 15.5. The van der Waals surface area contributed by atoms with Gasteiger partial charge in [0.05, 0.1) is 4.90 Å². The highest BCUT2D eigenvalue weighted by Crippen LogP contribution is 2.21. The smallest absolute Gasteiger partial charge is 0.261 e. The van der Waals surface area contributed by atoms with Crippen molar-refractivity contribution in [2.45, 2.75) is 31.6 Å². The summed E-state index contributed by atoms with van der Waals surface area (Å²) in [5.74, 6) is 0. The zero-order valence-corrected chi connectivity index (χ0v) is 13.1. The van der Waals surface area contributed by atoms with E-state index < -0.39 is 10.0 Å². The van der Waals surface area contributed by atoms with Crippen molar-refractivity contribution in [3.63, 3.8) is 0 Å². The molecule has 2 rings (SSSR count). The van der Waals surface area contributed by atoms with Crippen molar-refractivity contribution in [2.75, 3.05) is 10.5 Å². The van der Waals surface area contributed by atoms with Crippen molar-refractivity contribution in [2.24, 2.45) is 0 Å². The molecule has 0 saturated heterocycles. The number of nitrogens with one attached hydrogen (secondary N) is 1. The maximum atomic E-state index is 12.4. The average molecular weight is 304 g/mol. The van der Waals surface area contributed by atoms with Gasteiger partial charge in [-0.1, -0.05) is 32.0 Å². The molecule has 0 aliphatic rings. The minimum atomic E-state index is -3.62. The second kappa shape index (κ2) is 6.18. The molecular weight excluding hydrogens is 284 g/mol. The first kappa shape index (κ1) is 15.4. The van der Waals surface area contributed by atoms with Gasteiger partial charge in [0.1, 0.15) is 0 Å². The maximum Gasteiger partial charge on any atom is 0.261 e. The fourth-order valence-corrected chi connectivity index (χ4v) is 3.22. The van der Waals surface area contributed by atoms with Crippen LogP contribution in [0.15, 0.2) is 47.4 Å². The largest absolute Gasteiger partial charge is 0.398 e. The van der Waals surface area contributed by atoms with Crippen LogP contribution in [-0.2, 0) is 22.9 Å². The predicted molar refractivity (Wildman–Crippen MR) is 86.9 cm³/mol. The number of hydrogen-bond donors (Lipinski definition) is 2. The van der Waals surface area contributed by atoms with Crippen molar-refractivity contribution >= 4 is 21.4 Å². The van der Waals surface area contributed by atoms with E-state index in [1.165, 1.54) is 6.07 Å². The van der Waals surface area contributed by atoms with Gasteiger partial charge in [-0.15, -0.1) is 0 Å². The Balaban J connectivity index is 2.31. The highest BCUT2D eigenvalue weighted by Gasteiger charge is 2.15. The summed E-state index contributed by atoms with van der Waals surface area (Å²) in [4.78, 5) is 0.180. The van der Waals surface area contributed by atoms with Crippen LogP contribution >= 0.6 is 0 Å². The SMILES string of the molecule is CCc1cccc(NS(=O)(=O)c2ccc(CC)c(N)c2)c1. The Morgan fingerprint density at radius 3 is 2.43 bits per heavy atom. The van der Waals surface area contributed by atoms with Crippen LogP contribution < -0.4 is 10.5 Å². The van der Waals surface area contributed by atoms with E-state index in [0.717, 1.165) is 24.0 Å². The number of sulfonamides is 1. The molecule has 0 spiro atoms. The standard InChI is InChI=1S/C16H20N2O2S/c1-3-12-6-5-7-14(10-12)18-21(19,20)15-9-8-13(4-2)16(17)11-15/h5-11,18H,3-4,17H2,1-2H3. The summed E-state index contributed by atoms with van der Waals surface area (Å²) in [6, 6.07) is 12.2. The van der Waals surface area contributed by atoms with Crippen LogP contribution in [0.25, 0.3) is 0 Å². The van der Waals surface area contributed by atoms with Crippen molar-refractivity contribution in [1.29, 1.82) is 0 Å². The van der Waals surface area contributed by atoms with Gasteiger partial charge < -0.3 is 5.73 Å². The van der Waals surface area contributed by atoms with Gasteiger partial charge in [-0.2, -0.15) is 0 Å². The summed E-state index contributed by atoms with van der Waals surface area (Å²) >= 11 is 0. The molecule has 0 saturated carbocycles. The molecule has 0 fully saturated rings. The Labute approximate surface area is 126 Å². The Hall–Kier alpha value is -2.01. The number of nitrogens with two attached hydrogens (primary N) is 1. The second-order valence-electron chi connectivity index (χ2n) is 4.87. The molecule has 112 valence electrons. The molecule has 0 bridgehead atoms. The first-order chi connectivity index (χ1) is 9.96. The maximum absolute atomic E-state index is 12.4. The Bertz CT molecular complexity index is 740. The topological polar surface area (TPSA) is 72.2 Å². The Kier molecular flexibility index (Phi) is 4.53. The van der Waals surface area contributed by atoms with Gasteiger partial charge in [-0.3, -0.25) is 4.72 Å². The number of benzene rings is 2. The minimum absolute atomic E-state index is 0.180. The van der Waals surface area contributed by atoms with Crippen LogP contribution in [0.2, 0.25) is 0 Å². The molecule has 5 heteroatoms. The molecule has 3 N–H and O–H groups in total. The van der Waals surface area contributed by atoms with Gasteiger partial charge in [0.2, 0.25) is 0 Å². The van der Waals surface area contributed by atoms with Crippen molar-refractivity contribution < 1.29 is 8.42 Å². The molecule has 0 aromatic heterocycles. The Morgan fingerprint density at radius 1 is 1.05 bits per heavy atom. The van der Waals surface area contributed by atoms with E-state index in [-0.39, 0.29) is 4.90 Å². The van der Waals surface area contributed by atoms with Crippen LogP contribution in [0, 0.1) is 0 Å². The highest BCUT2D eigenvalue weighted by atomic mass is 32.2. The fraction of sp³-hybridized carbons (Fsp3) is 0.250. The molecular formula is C16H20N2O2S. The normalized spacial score (nSPS) is 11.3. The summed E-state index contributed by atoms with van der Waals surface area (Å²) in [7, 11) is -3.62. The van der Waals surface area contributed by atoms with Gasteiger partial charge in [0.25, 0.3) is 10.0 Å². The average Bonchev–Trinajstić information content (AvgIpc) is 2.47. The van der Waals surface area contributed by atoms with E-state index >= 15 is 0 Å². The van der Waals surface area contributed by atoms with E-state index in [2.05, 4.69) is 4.72 Å². The molecule has 4 nitrogen and oxygen atoms in total. The third-order valence-corrected chi connectivity index (χ3v) is 4.77. The number of rotatable bonds is 5. The minimum Gasteiger partial charge on any atom is -0.398 e. The van der Waals surface area contributed by atoms with Gasteiger partial charge >= 0.3 is 0 Å². The molecule has 2 aromatic rings. The summed E-state index contributed by atoms with van der Waals surface area (Å²) < 4.78 is 27.4. The highest BCUT2D eigenvalue weighted by molar-refractivity contribution is 7.92. The number of nitrogen functional groups attached to an aromatic ring is 1. The van der Waals surface area contributed by atoms with Gasteiger partial charge in [-0.25, -0.2) is 8.42 Å². The lowest BCUT2D eigenvalue weighted by molar-refractivity contribution is 0.601. The van der Waals surface area contributed by atoms with E-state index in [1.54, 1.807) is 18.2 Å². The molecule has 0 aliphatic heterocycles. The van der Waals surface area contributed by atoms with Crippen LogP contribution in [0.1, 0.15) is 25.0 Å². The summed E-state index contributed by atoms with van der Waals surface area (Å²) in [5, 5.41) is 0. The van der Waals surface area contributed by atoms with E-state index in [9.17, 15) is 8.42 Å². The zero-order valence-electron chi connectivity index (χ0n) is 12.3. The fourth-order valence-electron chi connectivity index (χ4n) is 2.13. The lowest BCUT2D eigenvalue weighted by Gasteiger charge is -2.11. The lowest BCUT2D eigenvalue weighted by Crippen LogP contribution is -2.13. The summed E-state index contributed by atoms with van der Waals surface area (Å²) in [6.07, 6.45) is 1.63. The van der Waals surface area contributed by atoms with Gasteiger partial charge in [0.15, 0.2) is 0 Å². The molecule has 0 radical (unpaired) electrons. The molecule has 21 heavy (non-hydrogen) atoms. The van der Waals surface area contributed by atoms with Crippen molar-refractivity contribution in [1.82, 2.24) is 0 Å². The van der Waals surface area contributed by atoms with E-state index in [1.807, 2.05) is 32.0 Å². The Morgan fingerprint density at radius 2 is 1.81 bits per heavy atom. The molecule has 0 amide bonds. The van der Waals surface area contributed by atoms with Crippen molar-refractivity contribution in [3.05, 3.63) is 53.6 Å². The number of aryl methyl sites for hydroxylation is 2. The molecule has 2 aromatic carbocycles. The number of hydrogen-bond acceptors (Lipinski definition) is 3.